The fraction of sp³-hybridized carbons (Fsp3) is 0.625. The molecule has 0 bridgehead atoms. The van der Waals surface area contributed by atoms with Crippen LogP contribution in [0, 0.1) is 0 Å². The second-order valence-corrected chi connectivity index (χ2v) is 8.49. The lowest BCUT2D eigenvalue weighted by Crippen LogP contribution is -3.14. The molecule has 0 amide bonds. The van der Waals surface area contributed by atoms with Crippen LogP contribution in [0.5, 0.6) is 0 Å². The number of benzene rings is 1. The lowest BCUT2D eigenvalue weighted by molar-refractivity contribution is -0.903. The Hall–Kier alpha value is -0.620. The van der Waals surface area contributed by atoms with Crippen LogP contribution in [-0.4, -0.2) is 33.6 Å². The van der Waals surface area contributed by atoms with Crippen molar-refractivity contribution in [3.8, 4) is 0 Å². The first-order valence-corrected chi connectivity index (χ1v) is 9.69. The first-order valence-electron chi connectivity index (χ1n) is 7.83. The Bertz CT molecular complexity index is 550. The number of halogens is 1. The van der Waals surface area contributed by atoms with Crippen molar-refractivity contribution < 1.29 is 13.3 Å². The zero-order valence-electron chi connectivity index (χ0n) is 13.9. The zero-order chi connectivity index (χ0) is 16.8. The second-order valence-electron chi connectivity index (χ2n) is 6.37. The minimum atomic E-state index is -3.53. The van der Waals surface area contributed by atoms with E-state index in [-0.39, 0.29) is 4.90 Å². The number of nitrogens with one attached hydrogen (secondary N) is 2. The van der Waals surface area contributed by atoms with Gasteiger partial charge in [0.1, 0.15) is 0 Å². The van der Waals surface area contributed by atoms with E-state index >= 15 is 0 Å². The summed E-state index contributed by atoms with van der Waals surface area (Å²) in [6.45, 7) is 11.1. The third kappa shape index (κ3) is 6.24. The van der Waals surface area contributed by atoms with E-state index in [1.165, 1.54) is 17.0 Å². The lowest BCUT2D eigenvalue weighted by Gasteiger charge is -2.30. The highest BCUT2D eigenvalue weighted by Gasteiger charge is 2.30. The molecule has 0 saturated heterocycles. The number of quaternary nitrogens is 1. The molecule has 0 radical (unpaired) electrons. The summed E-state index contributed by atoms with van der Waals surface area (Å²) >= 11 is 5.81. The van der Waals surface area contributed by atoms with Gasteiger partial charge >= 0.3 is 0 Å². The van der Waals surface area contributed by atoms with Crippen molar-refractivity contribution in [3.63, 3.8) is 0 Å². The van der Waals surface area contributed by atoms with Gasteiger partial charge in [-0.25, -0.2) is 8.42 Å². The molecule has 1 aromatic rings. The zero-order valence-corrected chi connectivity index (χ0v) is 15.5. The number of hydrogen-bond acceptors (Lipinski definition) is 2. The summed E-state index contributed by atoms with van der Waals surface area (Å²) in [5, 5.41) is 0.528. The summed E-state index contributed by atoms with van der Waals surface area (Å²) in [4.78, 5) is 1.67. The van der Waals surface area contributed by atoms with E-state index < -0.39 is 15.6 Å². The van der Waals surface area contributed by atoms with Crippen LogP contribution < -0.4 is 9.62 Å². The maximum Gasteiger partial charge on any atom is 0.241 e. The van der Waals surface area contributed by atoms with Crippen LogP contribution in [0.25, 0.3) is 0 Å². The molecule has 0 aliphatic heterocycles. The fourth-order valence-corrected chi connectivity index (χ4v) is 4.24. The van der Waals surface area contributed by atoms with Crippen LogP contribution in [-0.2, 0) is 10.0 Å². The second kappa shape index (κ2) is 8.29. The van der Waals surface area contributed by atoms with Crippen LogP contribution in [0.4, 0.5) is 0 Å². The van der Waals surface area contributed by atoms with E-state index in [0.717, 1.165) is 32.5 Å². The first-order chi connectivity index (χ1) is 10.2. The molecule has 0 aliphatic carbocycles. The molecule has 2 N–H and O–H groups in total. The van der Waals surface area contributed by atoms with Gasteiger partial charge in [-0.3, -0.25) is 0 Å². The Morgan fingerprint density at radius 3 is 2.05 bits per heavy atom. The molecule has 6 heteroatoms. The topological polar surface area (TPSA) is 50.6 Å². The first kappa shape index (κ1) is 19.4. The molecule has 1 aromatic carbocycles. The molecule has 0 unspecified atom stereocenters. The summed E-state index contributed by atoms with van der Waals surface area (Å²) in [5.74, 6) is 0. The van der Waals surface area contributed by atoms with Crippen molar-refractivity contribution in [3.05, 3.63) is 29.3 Å². The average Bonchev–Trinajstić information content (AvgIpc) is 2.37. The molecular weight excluding hydrogens is 320 g/mol. The Balaban J connectivity index is 2.82. The monoisotopic (exact) mass is 347 g/mol. The minimum Gasteiger partial charge on any atom is -0.333 e. The van der Waals surface area contributed by atoms with Crippen molar-refractivity contribution in [2.75, 3.05) is 19.6 Å². The van der Waals surface area contributed by atoms with Crippen LogP contribution in [0.1, 0.15) is 40.5 Å². The highest BCUT2D eigenvalue weighted by atomic mass is 35.5. The summed E-state index contributed by atoms with van der Waals surface area (Å²) in [5.41, 5.74) is -0.502. The highest BCUT2D eigenvalue weighted by Crippen LogP contribution is 2.15. The number of hydrogen-bond donors (Lipinski definition) is 2. The molecule has 0 aromatic heterocycles. The van der Waals surface area contributed by atoms with Crippen molar-refractivity contribution in [2.24, 2.45) is 0 Å². The third-order valence-corrected chi connectivity index (χ3v) is 5.40. The van der Waals surface area contributed by atoms with Crippen LogP contribution in [0.15, 0.2) is 29.2 Å². The fourth-order valence-electron chi connectivity index (χ4n) is 2.71. The molecule has 0 atom stereocenters. The van der Waals surface area contributed by atoms with Crippen molar-refractivity contribution >= 4 is 21.6 Å². The third-order valence-electron chi connectivity index (χ3n) is 3.43. The lowest BCUT2D eigenvalue weighted by atomic mass is 10.1. The van der Waals surface area contributed by atoms with E-state index in [0.29, 0.717) is 5.02 Å². The number of rotatable bonds is 9. The molecular formula is C16H28ClN2O2S+. The van der Waals surface area contributed by atoms with Gasteiger partial charge in [-0.15, -0.1) is 0 Å². The SMILES string of the molecule is CCC[NH+](CCC)CC(C)(C)NS(=O)(=O)c1ccc(Cl)cc1. The Morgan fingerprint density at radius 1 is 1.09 bits per heavy atom. The van der Waals surface area contributed by atoms with Crippen LogP contribution >= 0.6 is 11.6 Å². The Kier molecular flexibility index (Phi) is 7.32. The van der Waals surface area contributed by atoms with Gasteiger partial charge in [-0.05, 0) is 51.0 Å². The predicted molar refractivity (Wildman–Crippen MR) is 92.0 cm³/mol. The predicted octanol–water partition coefficient (Wildman–Crippen LogP) is 2.10. The van der Waals surface area contributed by atoms with E-state index in [1.807, 2.05) is 13.8 Å². The molecule has 22 heavy (non-hydrogen) atoms. The summed E-state index contributed by atoms with van der Waals surface area (Å²) < 4.78 is 27.8. The van der Waals surface area contributed by atoms with Gasteiger partial charge in [-0.1, -0.05) is 25.4 Å². The molecule has 0 spiro atoms. The van der Waals surface area contributed by atoms with Gasteiger partial charge in [0.25, 0.3) is 0 Å². The van der Waals surface area contributed by atoms with Crippen LogP contribution in [0.2, 0.25) is 5.02 Å². The van der Waals surface area contributed by atoms with Gasteiger partial charge < -0.3 is 4.90 Å². The molecule has 0 heterocycles. The molecule has 0 saturated carbocycles. The Labute approximate surface area is 139 Å². The molecule has 0 fully saturated rings. The summed E-state index contributed by atoms with van der Waals surface area (Å²) in [6, 6.07) is 6.25. The molecule has 4 nitrogen and oxygen atoms in total. The van der Waals surface area contributed by atoms with Gasteiger partial charge in [0.15, 0.2) is 0 Å². The van der Waals surface area contributed by atoms with E-state index in [1.54, 1.807) is 12.1 Å². The maximum absolute atomic E-state index is 12.5. The van der Waals surface area contributed by atoms with Gasteiger partial charge in [0.05, 0.1) is 30.1 Å². The molecule has 1 rings (SSSR count). The highest BCUT2D eigenvalue weighted by molar-refractivity contribution is 7.89. The van der Waals surface area contributed by atoms with Gasteiger partial charge in [0, 0.05) is 5.02 Å². The quantitative estimate of drug-likeness (QED) is 0.718. The summed E-state index contributed by atoms with van der Waals surface area (Å²) in [6.07, 6.45) is 2.19. The smallest absolute Gasteiger partial charge is 0.241 e. The van der Waals surface area contributed by atoms with Gasteiger partial charge in [-0.2, -0.15) is 4.72 Å². The van der Waals surface area contributed by atoms with Crippen molar-refractivity contribution in [1.82, 2.24) is 4.72 Å². The molecule has 126 valence electrons. The number of sulfonamides is 1. The van der Waals surface area contributed by atoms with E-state index in [2.05, 4.69) is 18.6 Å². The van der Waals surface area contributed by atoms with Crippen molar-refractivity contribution in [2.45, 2.75) is 51.0 Å². The normalized spacial score (nSPS) is 12.8. The average molecular weight is 348 g/mol. The van der Waals surface area contributed by atoms with Crippen LogP contribution in [0.3, 0.4) is 0 Å². The minimum absolute atomic E-state index is 0.248. The maximum atomic E-state index is 12.5. The van der Waals surface area contributed by atoms with E-state index in [9.17, 15) is 8.42 Å². The standard InChI is InChI=1S/C16H27ClN2O2S/c1-5-11-19(12-6-2)13-16(3,4)18-22(20,21)15-9-7-14(17)8-10-15/h7-10,18H,5-6,11-13H2,1-4H3/p+1. The summed E-state index contributed by atoms with van der Waals surface area (Å²) in [7, 11) is -3.53. The van der Waals surface area contributed by atoms with Crippen molar-refractivity contribution in [1.29, 1.82) is 0 Å². The van der Waals surface area contributed by atoms with Gasteiger partial charge in [0.2, 0.25) is 10.0 Å². The van der Waals surface area contributed by atoms with E-state index in [4.69, 9.17) is 11.6 Å². The molecule has 0 aliphatic rings. The Morgan fingerprint density at radius 2 is 1.59 bits per heavy atom. The largest absolute Gasteiger partial charge is 0.333 e.